The summed E-state index contributed by atoms with van der Waals surface area (Å²) in [4.78, 5) is 19.9. The predicted octanol–water partition coefficient (Wildman–Crippen LogP) is 11.8. The van der Waals surface area contributed by atoms with Crippen molar-refractivity contribution in [2.75, 3.05) is 0 Å². The molecule has 0 amide bonds. The van der Waals surface area contributed by atoms with Gasteiger partial charge in [-0.15, -0.1) is 0 Å². The highest BCUT2D eigenvalue weighted by molar-refractivity contribution is 6.16. The molecule has 238 valence electrons. The van der Waals surface area contributed by atoms with E-state index in [2.05, 4.69) is 78.9 Å². The van der Waals surface area contributed by atoms with Crippen LogP contribution < -0.4 is 0 Å². The summed E-state index contributed by atoms with van der Waals surface area (Å²) < 4.78 is 6.23. The Bertz CT molecular complexity index is 2860. The van der Waals surface area contributed by atoms with Crippen LogP contribution in [0, 0.1) is 0 Å². The summed E-state index contributed by atoms with van der Waals surface area (Å²) in [6, 6.07) is 56.2. The third-order valence-electron chi connectivity index (χ3n) is 9.62. The largest absolute Gasteiger partial charge is 0.456 e. The average Bonchev–Trinajstić information content (AvgIpc) is 3.60. The Morgan fingerprint density at radius 2 is 0.784 bits per heavy atom. The van der Waals surface area contributed by atoms with E-state index in [0.717, 1.165) is 82.6 Å². The van der Waals surface area contributed by atoms with Crippen molar-refractivity contribution in [2.45, 2.75) is 0 Å². The van der Waals surface area contributed by atoms with Crippen LogP contribution in [-0.2, 0) is 0 Å². The molecule has 0 fully saturated rings. The van der Waals surface area contributed by atoms with Crippen molar-refractivity contribution < 1.29 is 4.42 Å². The fraction of sp³-hybridized carbons (Fsp3) is 0. The van der Waals surface area contributed by atoms with E-state index in [-0.39, 0.29) is 0 Å². The minimum absolute atomic E-state index is 0.636. The lowest BCUT2D eigenvalue weighted by atomic mass is 9.89. The minimum atomic E-state index is 0.636. The van der Waals surface area contributed by atoms with E-state index in [1.165, 1.54) is 0 Å². The molecule has 3 aromatic heterocycles. The van der Waals surface area contributed by atoms with E-state index in [9.17, 15) is 0 Å². The molecular formula is C46H28N4O. The van der Waals surface area contributed by atoms with Crippen LogP contribution in [0.15, 0.2) is 174 Å². The number of fused-ring (bicyclic) bond motifs is 5. The van der Waals surface area contributed by atoms with E-state index >= 15 is 0 Å². The number of rotatable bonds is 5. The monoisotopic (exact) mass is 652 g/mol. The highest BCUT2D eigenvalue weighted by atomic mass is 16.3. The van der Waals surface area contributed by atoms with Gasteiger partial charge in [0.15, 0.2) is 17.5 Å². The molecule has 51 heavy (non-hydrogen) atoms. The summed E-state index contributed by atoms with van der Waals surface area (Å²) in [7, 11) is 0. The van der Waals surface area contributed by atoms with Crippen molar-refractivity contribution in [1.82, 2.24) is 19.9 Å². The zero-order valence-electron chi connectivity index (χ0n) is 27.4. The first-order valence-electron chi connectivity index (χ1n) is 17.0. The maximum absolute atomic E-state index is 6.23. The maximum atomic E-state index is 6.23. The molecule has 0 unspecified atom stereocenters. The topological polar surface area (TPSA) is 64.7 Å². The van der Waals surface area contributed by atoms with Gasteiger partial charge in [-0.2, -0.15) is 0 Å². The summed E-state index contributed by atoms with van der Waals surface area (Å²) in [6.07, 6.45) is 1.84. The zero-order valence-corrected chi connectivity index (χ0v) is 27.4. The summed E-state index contributed by atoms with van der Waals surface area (Å²) in [5, 5.41) is 6.57. The van der Waals surface area contributed by atoms with Crippen molar-refractivity contribution in [2.24, 2.45) is 0 Å². The molecule has 5 nitrogen and oxygen atoms in total. The van der Waals surface area contributed by atoms with Gasteiger partial charge in [0.2, 0.25) is 0 Å². The summed E-state index contributed by atoms with van der Waals surface area (Å²) in [6.45, 7) is 0. The number of para-hydroxylation sites is 1. The molecule has 0 N–H and O–H groups in total. The molecule has 0 bridgehead atoms. The molecule has 0 radical (unpaired) electrons. The standard InChI is InChI=1S/C46H28N4O/c1-3-13-29(14-4-1)44-48-45(30-15-5-2-6-16-30)50-46(49-44)38-26-24-36(32-18-8-10-20-34(32)38)35-23-25-37(33-19-9-7-17-31(33)35)43-42-39-21-11-12-22-40(39)51-41(42)27-28-47-43/h1-28H. The highest BCUT2D eigenvalue weighted by Gasteiger charge is 2.19. The van der Waals surface area contributed by atoms with Gasteiger partial charge in [0, 0.05) is 33.8 Å². The first kappa shape index (κ1) is 29.0. The molecule has 0 aliphatic heterocycles. The molecular weight excluding hydrogens is 625 g/mol. The molecule has 10 aromatic rings. The zero-order chi connectivity index (χ0) is 33.7. The quantitative estimate of drug-likeness (QED) is 0.185. The number of pyridine rings is 1. The molecule has 3 heterocycles. The second kappa shape index (κ2) is 11.9. The average molecular weight is 653 g/mol. The minimum Gasteiger partial charge on any atom is -0.456 e. The van der Waals surface area contributed by atoms with Crippen LogP contribution in [0.4, 0.5) is 0 Å². The van der Waals surface area contributed by atoms with E-state index in [0.29, 0.717) is 17.5 Å². The van der Waals surface area contributed by atoms with Crippen molar-refractivity contribution in [3.63, 3.8) is 0 Å². The lowest BCUT2D eigenvalue weighted by Crippen LogP contribution is -2.00. The van der Waals surface area contributed by atoms with Crippen molar-refractivity contribution in [3.8, 4) is 56.5 Å². The van der Waals surface area contributed by atoms with Crippen LogP contribution in [0.25, 0.3) is 100 Å². The molecule has 10 rings (SSSR count). The molecule has 7 aromatic carbocycles. The normalized spacial score (nSPS) is 11.5. The number of hydrogen-bond donors (Lipinski definition) is 0. The highest BCUT2D eigenvalue weighted by Crippen LogP contribution is 2.43. The Morgan fingerprint density at radius 3 is 1.39 bits per heavy atom. The lowest BCUT2D eigenvalue weighted by Gasteiger charge is -2.16. The van der Waals surface area contributed by atoms with Crippen LogP contribution in [-0.4, -0.2) is 19.9 Å². The molecule has 0 spiro atoms. The predicted molar refractivity (Wildman–Crippen MR) is 207 cm³/mol. The van der Waals surface area contributed by atoms with E-state index in [4.69, 9.17) is 24.4 Å². The van der Waals surface area contributed by atoms with Gasteiger partial charge in [-0.05, 0) is 50.9 Å². The number of aromatic nitrogens is 4. The van der Waals surface area contributed by atoms with E-state index < -0.39 is 0 Å². The van der Waals surface area contributed by atoms with Gasteiger partial charge in [-0.3, -0.25) is 4.98 Å². The van der Waals surface area contributed by atoms with Crippen molar-refractivity contribution >= 4 is 43.5 Å². The van der Waals surface area contributed by atoms with E-state index in [1.54, 1.807) is 0 Å². The molecule has 0 saturated carbocycles. The second-order valence-electron chi connectivity index (χ2n) is 12.6. The van der Waals surface area contributed by atoms with Crippen LogP contribution in [0.2, 0.25) is 0 Å². The third kappa shape index (κ3) is 4.86. The smallest absolute Gasteiger partial charge is 0.164 e. The van der Waals surface area contributed by atoms with Gasteiger partial charge in [0.05, 0.1) is 11.1 Å². The van der Waals surface area contributed by atoms with Gasteiger partial charge in [-0.1, -0.05) is 146 Å². The lowest BCUT2D eigenvalue weighted by molar-refractivity contribution is 0.668. The Morgan fingerprint density at radius 1 is 0.333 bits per heavy atom. The number of benzene rings is 7. The van der Waals surface area contributed by atoms with E-state index in [1.807, 2.05) is 91.1 Å². The Kier molecular flexibility index (Phi) is 6.74. The van der Waals surface area contributed by atoms with Gasteiger partial charge < -0.3 is 4.42 Å². The van der Waals surface area contributed by atoms with Crippen LogP contribution in [0.1, 0.15) is 0 Å². The van der Waals surface area contributed by atoms with Gasteiger partial charge in [0.1, 0.15) is 11.2 Å². The maximum Gasteiger partial charge on any atom is 0.164 e. The number of hydrogen-bond acceptors (Lipinski definition) is 5. The Labute approximate surface area is 293 Å². The van der Waals surface area contributed by atoms with Gasteiger partial charge in [0.25, 0.3) is 0 Å². The molecule has 0 saturated heterocycles. The van der Waals surface area contributed by atoms with Crippen LogP contribution in [0.3, 0.4) is 0 Å². The molecule has 0 aliphatic carbocycles. The fourth-order valence-electron chi connectivity index (χ4n) is 7.27. The van der Waals surface area contributed by atoms with Crippen molar-refractivity contribution in [3.05, 3.63) is 170 Å². The molecule has 0 atom stereocenters. The van der Waals surface area contributed by atoms with Crippen LogP contribution >= 0.6 is 0 Å². The summed E-state index contributed by atoms with van der Waals surface area (Å²) in [5.74, 6) is 1.92. The third-order valence-corrected chi connectivity index (χ3v) is 9.62. The number of nitrogens with zero attached hydrogens (tertiary/aromatic N) is 4. The molecule has 0 aliphatic rings. The molecule has 5 heteroatoms. The SMILES string of the molecule is c1ccc(-c2nc(-c3ccccc3)nc(-c3ccc(-c4ccc(-c5nccc6oc7ccccc7c56)c5ccccc45)c4ccccc34)n2)cc1. The first-order valence-corrected chi connectivity index (χ1v) is 17.0. The van der Waals surface area contributed by atoms with Crippen molar-refractivity contribution in [1.29, 1.82) is 0 Å². The fourth-order valence-corrected chi connectivity index (χ4v) is 7.27. The summed E-state index contributed by atoms with van der Waals surface area (Å²) in [5.41, 5.74) is 8.80. The van der Waals surface area contributed by atoms with Gasteiger partial charge in [-0.25, -0.2) is 15.0 Å². The van der Waals surface area contributed by atoms with Gasteiger partial charge >= 0.3 is 0 Å². The first-order chi connectivity index (χ1) is 25.3. The van der Waals surface area contributed by atoms with Crippen LogP contribution in [0.5, 0.6) is 0 Å². The number of furan rings is 1. The second-order valence-corrected chi connectivity index (χ2v) is 12.6. The Hall–Kier alpha value is -6.98. The summed E-state index contributed by atoms with van der Waals surface area (Å²) >= 11 is 0. The Balaban J connectivity index is 1.17.